The van der Waals surface area contributed by atoms with Gasteiger partial charge in [0.15, 0.2) is 12.4 Å². The van der Waals surface area contributed by atoms with E-state index >= 15 is 4.39 Å². The number of carbonyl (C=O) groups excluding carboxylic acids is 1. The fourth-order valence-electron chi connectivity index (χ4n) is 7.55. The summed E-state index contributed by atoms with van der Waals surface area (Å²) in [6.07, 6.45) is -5.92. The molecule has 17 heteroatoms. The molecule has 0 radical (unpaired) electrons. The van der Waals surface area contributed by atoms with Crippen LogP contribution in [0.4, 0.5) is 4.39 Å². The predicted molar refractivity (Wildman–Crippen MR) is 233 cm³/mol. The van der Waals surface area contributed by atoms with E-state index in [1.54, 1.807) is 26.4 Å². The smallest absolute Gasteiger partial charge is 0.357 e. The Morgan fingerprint density at radius 1 is 0.857 bits per heavy atom. The summed E-state index contributed by atoms with van der Waals surface area (Å²) in [4.78, 5) is 41.2. The molecule has 4 aromatic carbocycles. The second kappa shape index (κ2) is 21.1. The molecule has 0 bridgehead atoms. The Labute approximate surface area is 366 Å². The second-order valence-corrected chi connectivity index (χ2v) is 16.4. The molecule has 0 spiro atoms. The number of hydrogen-bond acceptors (Lipinski definition) is 13. The average Bonchev–Trinajstić information content (AvgIpc) is 3.60. The maximum absolute atomic E-state index is 17.6. The summed E-state index contributed by atoms with van der Waals surface area (Å²) in [5.74, 6) is 0.326. The van der Waals surface area contributed by atoms with Crippen LogP contribution in [-0.2, 0) is 24.1 Å². The molecule has 0 saturated carbocycles. The molecule has 1 aromatic heterocycles. The van der Waals surface area contributed by atoms with Crippen molar-refractivity contribution in [3.05, 3.63) is 152 Å². The van der Waals surface area contributed by atoms with Gasteiger partial charge in [-0.25, -0.2) is 13.9 Å². The number of methoxy groups -OCH3 is 3. The summed E-state index contributed by atoms with van der Waals surface area (Å²) in [5.41, 5.74) is -1.63. The number of halogens is 1. The van der Waals surface area contributed by atoms with E-state index in [1.165, 1.54) is 19.2 Å². The van der Waals surface area contributed by atoms with E-state index in [0.717, 1.165) is 11.8 Å². The molecule has 0 N–H and O–H groups in total. The summed E-state index contributed by atoms with van der Waals surface area (Å²) >= 11 is 0. The third-order valence-electron chi connectivity index (χ3n) is 10.5. The Kier molecular flexibility index (Phi) is 15.6. The number of hydrogen-bond donors (Lipinski definition) is 0. The summed E-state index contributed by atoms with van der Waals surface area (Å²) in [6, 6.07) is 32.0. The molecule has 5 atom stereocenters. The number of carbonyl (C=O) groups is 1. The van der Waals surface area contributed by atoms with Crippen LogP contribution in [0.2, 0.25) is 0 Å². The number of rotatable bonds is 19. The minimum atomic E-state index is -2.14. The van der Waals surface area contributed by atoms with E-state index in [1.807, 2.05) is 111 Å². The molecule has 1 unspecified atom stereocenters. The van der Waals surface area contributed by atoms with Gasteiger partial charge >= 0.3 is 5.69 Å². The number of ether oxygens (including phenoxy) is 5. The molecule has 1 aliphatic rings. The number of para-hydroxylation sites is 1. The van der Waals surface area contributed by atoms with Gasteiger partial charge in [-0.2, -0.15) is 19.6 Å². The zero-order chi connectivity index (χ0) is 45.3. The van der Waals surface area contributed by atoms with Gasteiger partial charge in [0.25, 0.3) is 20.0 Å². The van der Waals surface area contributed by atoms with Crippen molar-refractivity contribution >= 4 is 14.4 Å². The van der Waals surface area contributed by atoms with Gasteiger partial charge in [-0.1, -0.05) is 66.7 Å². The lowest BCUT2D eigenvalue weighted by Crippen LogP contribution is -2.47. The van der Waals surface area contributed by atoms with Gasteiger partial charge in [-0.15, -0.1) is 0 Å². The van der Waals surface area contributed by atoms with Crippen molar-refractivity contribution in [1.29, 1.82) is 5.26 Å². The van der Waals surface area contributed by atoms with E-state index in [0.29, 0.717) is 31.9 Å². The maximum Gasteiger partial charge on any atom is 0.357 e. The molecule has 15 nitrogen and oxygen atoms in total. The van der Waals surface area contributed by atoms with Gasteiger partial charge in [0.1, 0.15) is 41.3 Å². The largest absolute Gasteiger partial charge is 0.497 e. The molecule has 0 amide bonds. The van der Waals surface area contributed by atoms with Gasteiger partial charge in [0, 0.05) is 12.1 Å². The van der Waals surface area contributed by atoms with Gasteiger partial charge in [-0.05, 0) is 80.8 Å². The normalized spacial score (nSPS) is 18.1. The van der Waals surface area contributed by atoms with Crippen LogP contribution in [0.15, 0.2) is 119 Å². The topological polar surface area (TPSA) is 166 Å². The first-order chi connectivity index (χ1) is 30.4. The van der Waals surface area contributed by atoms with Crippen LogP contribution >= 0.6 is 8.53 Å². The van der Waals surface area contributed by atoms with Gasteiger partial charge in [0.2, 0.25) is 0 Å². The third kappa shape index (κ3) is 9.89. The van der Waals surface area contributed by atoms with E-state index in [4.69, 9.17) is 32.7 Å². The summed E-state index contributed by atoms with van der Waals surface area (Å²) < 4.78 is 63.2. The standard InChI is InChI=1S/C46H51FN5O10P/c1-30(2)52(31(3)4)63(60-27-13-26-48)62-42-39(61-44(41(42)47)51-45(55)50(40(53)28-49-51)43(54)37-16-11-12-17-38(37)58-7)29-59-46(32-14-9-8-10-15-32,33-18-22-35(56-5)23-19-33)34-20-24-36(57-6)25-21-34/h8-12,14-25,28,30-31,39,41-42,44H,13,27,29H2,1-7H3/t39-,41+,42-,44-,63?/m1/s1. The molecule has 1 aliphatic heterocycles. The fourth-order valence-corrected chi connectivity index (χ4v) is 9.32. The summed E-state index contributed by atoms with van der Waals surface area (Å²) in [7, 11) is 2.42. The van der Waals surface area contributed by atoms with Crippen molar-refractivity contribution in [1.82, 2.24) is 19.0 Å². The monoisotopic (exact) mass is 883 g/mol. The summed E-state index contributed by atoms with van der Waals surface area (Å²) in [5, 5.41) is 13.4. The number of nitrogens with zero attached hydrogens (tertiary/aromatic N) is 5. The molecule has 5 aromatic rings. The molecular formula is C46H51FN5O10P. The number of alkyl halides is 1. The third-order valence-corrected chi connectivity index (χ3v) is 12.6. The van der Waals surface area contributed by atoms with Gasteiger partial charge < -0.3 is 32.7 Å². The highest BCUT2D eigenvalue weighted by Gasteiger charge is 2.52. The van der Waals surface area contributed by atoms with E-state index in [9.17, 15) is 19.6 Å². The van der Waals surface area contributed by atoms with Crippen molar-refractivity contribution in [3.8, 4) is 23.3 Å². The number of aromatic nitrogens is 3. The maximum atomic E-state index is 17.6. The van der Waals surface area contributed by atoms with Crippen LogP contribution < -0.4 is 25.5 Å². The summed E-state index contributed by atoms with van der Waals surface area (Å²) in [6.45, 7) is 7.42. The Hall–Kier alpha value is -5.79. The first-order valence-corrected chi connectivity index (χ1v) is 21.4. The Bertz CT molecular complexity index is 2410. The minimum Gasteiger partial charge on any atom is -0.497 e. The van der Waals surface area contributed by atoms with Gasteiger partial charge in [-0.3, -0.25) is 9.59 Å². The Morgan fingerprint density at radius 3 is 1.98 bits per heavy atom. The van der Waals surface area contributed by atoms with E-state index in [-0.39, 0.29) is 43.0 Å². The lowest BCUT2D eigenvalue weighted by Gasteiger charge is -2.39. The molecule has 2 heterocycles. The van der Waals surface area contributed by atoms with E-state index in [2.05, 4.69) is 11.2 Å². The molecule has 1 fully saturated rings. The SMILES string of the molecule is COc1ccc(C(OC[C@H]2O[C@@H](n3ncc(=O)n(C(=O)c4ccccc4OC)c3=O)[C@@H](F)[C@@H]2OP(OCCC#N)N(C(C)C)C(C)C)(c2ccccc2)c2ccc(OC)cc2)cc1. The van der Waals surface area contributed by atoms with E-state index < -0.39 is 55.9 Å². The second-order valence-electron chi connectivity index (χ2n) is 15.0. The van der Waals surface area contributed by atoms with Crippen LogP contribution in [0.25, 0.3) is 0 Å². The lowest BCUT2D eigenvalue weighted by molar-refractivity contribution is -0.0964. The molecule has 6 rings (SSSR count). The highest BCUT2D eigenvalue weighted by atomic mass is 31.2. The average molecular weight is 884 g/mol. The van der Waals surface area contributed by atoms with Crippen molar-refractivity contribution in [2.45, 2.75) is 76.4 Å². The first-order valence-electron chi connectivity index (χ1n) is 20.3. The molecule has 63 heavy (non-hydrogen) atoms. The Morgan fingerprint density at radius 2 is 1.43 bits per heavy atom. The van der Waals surface area contributed by atoms with Crippen molar-refractivity contribution in [3.63, 3.8) is 0 Å². The lowest BCUT2D eigenvalue weighted by atomic mass is 9.80. The van der Waals surface area contributed by atoms with Gasteiger partial charge in [0.05, 0.1) is 52.6 Å². The van der Waals surface area contributed by atoms with Crippen LogP contribution in [0, 0.1) is 11.3 Å². The molecular weight excluding hydrogens is 833 g/mol. The number of nitriles is 1. The highest BCUT2D eigenvalue weighted by molar-refractivity contribution is 7.44. The predicted octanol–water partition coefficient (Wildman–Crippen LogP) is 7.02. The zero-order valence-corrected chi connectivity index (χ0v) is 37.0. The van der Waals surface area contributed by atoms with Crippen molar-refractivity contribution in [2.24, 2.45) is 0 Å². The van der Waals surface area contributed by atoms with Crippen LogP contribution in [0.3, 0.4) is 0 Å². The fraction of sp³-hybridized carbons (Fsp3) is 0.370. The zero-order valence-electron chi connectivity index (χ0n) is 36.1. The molecule has 1 saturated heterocycles. The van der Waals surface area contributed by atoms with Crippen LogP contribution in [-0.4, -0.2) is 89.9 Å². The first kappa shape index (κ1) is 46.7. The molecule has 0 aliphatic carbocycles. The minimum absolute atomic E-state index is 0.00361. The van der Waals surface area contributed by atoms with Crippen LogP contribution in [0.5, 0.6) is 17.2 Å². The van der Waals surface area contributed by atoms with Crippen molar-refractivity contribution < 1.29 is 41.9 Å². The van der Waals surface area contributed by atoms with Crippen molar-refractivity contribution in [2.75, 3.05) is 34.5 Å². The van der Waals surface area contributed by atoms with Crippen LogP contribution in [0.1, 0.15) is 67.4 Å². The Balaban J connectivity index is 1.49. The highest BCUT2D eigenvalue weighted by Crippen LogP contribution is 2.51. The molecule has 332 valence electrons. The quantitative estimate of drug-likeness (QED) is 0.0472. The number of benzene rings is 4.